The highest BCUT2D eigenvalue weighted by molar-refractivity contribution is 5.71. The number of benzene rings is 1. The molecule has 1 aliphatic rings. The molecule has 2 rings (SSSR count). The SMILES string of the molecule is C=C(CO)c1cc2c(cc1OC)CCCC2C. The number of aryl methyl sites for hydroxylation is 1. The summed E-state index contributed by atoms with van der Waals surface area (Å²) in [5.41, 5.74) is 4.45. The summed E-state index contributed by atoms with van der Waals surface area (Å²) in [6, 6.07) is 4.26. The van der Waals surface area contributed by atoms with Gasteiger partial charge in [-0.25, -0.2) is 0 Å². The molecule has 0 saturated heterocycles. The van der Waals surface area contributed by atoms with E-state index in [1.165, 1.54) is 24.0 Å². The van der Waals surface area contributed by atoms with Gasteiger partial charge in [-0.15, -0.1) is 0 Å². The van der Waals surface area contributed by atoms with Gasteiger partial charge in [0.25, 0.3) is 0 Å². The lowest BCUT2D eigenvalue weighted by Gasteiger charge is -2.24. The molecule has 1 atom stereocenters. The minimum atomic E-state index is -0.0243. The summed E-state index contributed by atoms with van der Waals surface area (Å²) in [4.78, 5) is 0. The first-order chi connectivity index (χ1) is 8.17. The van der Waals surface area contributed by atoms with Gasteiger partial charge in [0.15, 0.2) is 0 Å². The lowest BCUT2D eigenvalue weighted by atomic mass is 9.82. The fraction of sp³-hybridized carbons (Fsp3) is 0.467. The third kappa shape index (κ3) is 2.22. The Hall–Kier alpha value is -1.28. The molecule has 2 nitrogen and oxygen atoms in total. The van der Waals surface area contributed by atoms with Crippen molar-refractivity contribution in [2.24, 2.45) is 0 Å². The second kappa shape index (κ2) is 4.92. The van der Waals surface area contributed by atoms with Gasteiger partial charge >= 0.3 is 0 Å². The van der Waals surface area contributed by atoms with Gasteiger partial charge in [-0.1, -0.05) is 13.5 Å². The fourth-order valence-corrected chi connectivity index (χ4v) is 2.60. The minimum Gasteiger partial charge on any atom is -0.496 e. The average Bonchev–Trinajstić information content (AvgIpc) is 2.37. The van der Waals surface area contributed by atoms with Crippen molar-refractivity contribution in [1.29, 1.82) is 0 Å². The van der Waals surface area contributed by atoms with E-state index < -0.39 is 0 Å². The first kappa shape index (κ1) is 12.2. The number of ether oxygens (including phenoxy) is 1. The molecule has 0 aromatic heterocycles. The van der Waals surface area contributed by atoms with Crippen LogP contribution in [0.2, 0.25) is 0 Å². The molecule has 0 spiro atoms. The maximum atomic E-state index is 9.22. The van der Waals surface area contributed by atoms with Crippen LogP contribution in [0.5, 0.6) is 5.75 Å². The van der Waals surface area contributed by atoms with Gasteiger partial charge in [-0.2, -0.15) is 0 Å². The summed E-state index contributed by atoms with van der Waals surface area (Å²) in [5, 5.41) is 9.22. The Balaban J connectivity index is 2.52. The summed E-state index contributed by atoms with van der Waals surface area (Å²) in [6.45, 7) is 6.13. The van der Waals surface area contributed by atoms with Gasteiger partial charge < -0.3 is 9.84 Å². The zero-order valence-corrected chi connectivity index (χ0v) is 10.6. The van der Waals surface area contributed by atoms with E-state index in [2.05, 4.69) is 25.6 Å². The highest BCUT2D eigenvalue weighted by Gasteiger charge is 2.19. The minimum absolute atomic E-state index is 0.0243. The van der Waals surface area contributed by atoms with E-state index in [-0.39, 0.29) is 6.61 Å². The third-order valence-corrected chi connectivity index (χ3v) is 3.65. The van der Waals surface area contributed by atoms with Crippen LogP contribution in [0.3, 0.4) is 0 Å². The zero-order valence-electron chi connectivity index (χ0n) is 10.6. The molecule has 1 unspecified atom stereocenters. The molecule has 0 fully saturated rings. The second-order valence-electron chi connectivity index (χ2n) is 4.81. The predicted molar refractivity (Wildman–Crippen MR) is 70.5 cm³/mol. The molecule has 17 heavy (non-hydrogen) atoms. The van der Waals surface area contributed by atoms with Crippen LogP contribution in [-0.2, 0) is 6.42 Å². The van der Waals surface area contributed by atoms with Crippen molar-refractivity contribution >= 4 is 5.57 Å². The maximum absolute atomic E-state index is 9.22. The van der Waals surface area contributed by atoms with E-state index >= 15 is 0 Å². The molecule has 1 aromatic carbocycles. The number of hydrogen-bond donors (Lipinski definition) is 1. The summed E-state index contributed by atoms with van der Waals surface area (Å²) in [6.07, 6.45) is 3.61. The molecule has 1 aliphatic carbocycles. The molecule has 2 heteroatoms. The number of hydrogen-bond acceptors (Lipinski definition) is 2. The van der Waals surface area contributed by atoms with Crippen molar-refractivity contribution in [3.8, 4) is 5.75 Å². The summed E-state index contributed by atoms with van der Waals surface area (Å²) >= 11 is 0. The molecule has 0 radical (unpaired) electrons. The predicted octanol–water partition coefficient (Wildman–Crippen LogP) is 3.14. The van der Waals surface area contributed by atoms with Crippen LogP contribution in [0.25, 0.3) is 5.57 Å². The van der Waals surface area contributed by atoms with Gasteiger partial charge in [-0.05, 0) is 54.0 Å². The second-order valence-corrected chi connectivity index (χ2v) is 4.81. The topological polar surface area (TPSA) is 29.5 Å². The Morgan fingerprint density at radius 3 is 2.94 bits per heavy atom. The van der Waals surface area contributed by atoms with Gasteiger partial charge in [0.1, 0.15) is 5.75 Å². The summed E-state index contributed by atoms with van der Waals surface area (Å²) in [7, 11) is 1.67. The third-order valence-electron chi connectivity index (χ3n) is 3.65. The van der Waals surface area contributed by atoms with Crippen LogP contribution in [-0.4, -0.2) is 18.8 Å². The van der Waals surface area contributed by atoms with E-state index in [4.69, 9.17) is 4.74 Å². The summed E-state index contributed by atoms with van der Waals surface area (Å²) < 4.78 is 5.40. The molecule has 1 N–H and O–H groups in total. The molecule has 92 valence electrons. The Labute approximate surface area is 103 Å². The van der Waals surface area contributed by atoms with Crippen LogP contribution >= 0.6 is 0 Å². The van der Waals surface area contributed by atoms with E-state index in [1.807, 2.05) is 0 Å². The smallest absolute Gasteiger partial charge is 0.126 e. The molecule has 0 saturated carbocycles. The largest absolute Gasteiger partial charge is 0.496 e. The number of rotatable bonds is 3. The lowest BCUT2D eigenvalue weighted by Crippen LogP contribution is -2.09. The Morgan fingerprint density at radius 2 is 2.29 bits per heavy atom. The van der Waals surface area contributed by atoms with Gasteiger partial charge in [0, 0.05) is 5.56 Å². The van der Waals surface area contributed by atoms with Crippen molar-refractivity contribution in [2.75, 3.05) is 13.7 Å². The Morgan fingerprint density at radius 1 is 1.53 bits per heavy atom. The molecule has 1 aromatic rings. The van der Waals surface area contributed by atoms with E-state index in [9.17, 15) is 5.11 Å². The molecule has 0 amide bonds. The highest BCUT2D eigenvalue weighted by Crippen LogP contribution is 2.37. The number of fused-ring (bicyclic) bond motifs is 1. The van der Waals surface area contributed by atoms with Crippen LogP contribution in [0.4, 0.5) is 0 Å². The van der Waals surface area contributed by atoms with E-state index in [1.54, 1.807) is 7.11 Å². The van der Waals surface area contributed by atoms with Gasteiger partial charge in [0.2, 0.25) is 0 Å². The first-order valence-corrected chi connectivity index (χ1v) is 6.17. The first-order valence-electron chi connectivity index (χ1n) is 6.17. The number of methoxy groups -OCH3 is 1. The van der Waals surface area contributed by atoms with Crippen LogP contribution in [0.1, 0.15) is 42.4 Å². The van der Waals surface area contributed by atoms with E-state index in [0.29, 0.717) is 5.92 Å². The van der Waals surface area contributed by atoms with Crippen molar-refractivity contribution in [2.45, 2.75) is 32.1 Å². The van der Waals surface area contributed by atoms with Crippen molar-refractivity contribution in [1.82, 2.24) is 0 Å². The van der Waals surface area contributed by atoms with Crippen LogP contribution in [0.15, 0.2) is 18.7 Å². The fourth-order valence-electron chi connectivity index (χ4n) is 2.60. The van der Waals surface area contributed by atoms with Crippen molar-refractivity contribution < 1.29 is 9.84 Å². The molecular weight excluding hydrogens is 212 g/mol. The van der Waals surface area contributed by atoms with Gasteiger partial charge in [0.05, 0.1) is 13.7 Å². The number of aliphatic hydroxyl groups is 1. The van der Waals surface area contributed by atoms with Crippen LogP contribution < -0.4 is 4.74 Å². The van der Waals surface area contributed by atoms with Crippen LogP contribution in [0, 0.1) is 0 Å². The quantitative estimate of drug-likeness (QED) is 0.867. The Bertz CT molecular complexity index is 435. The lowest BCUT2D eigenvalue weighted by molar-refractivity contribution is 0.349. The molecule has 0 aliphatic heterocycles. The monoisotopic (exact) mass is 232 g/mol. The van der Waals surface area contributed by atoms with Crippen molar-refractivity contribution in [3.05, 3.63) is 35.4 Å². The zero-order chi connectivity index (χ0) is 12.4. The van der Waals surface area contributed by atoms with Crippen molar-refractivity contribution in [3.63, 3.8) is 0 Å². The Kier molecular flexibility index (Phi) is 3.53. The standard InChI is InChI=1S/C15H20O2/c1-10-5-4-6-12-7-15(17-3)14(8-13(10)12)11(2)9-16/h7-8,10,16H,2,4-6,9H2,1,3H3. The average molecular weight is 232 g/mol. The van der Waals surface area contributed by atoms with E-state index in [0.717, 1.165) is 23.3 Å². The molecular formula is C15H20O2. The number of aliphatic hydroxyl groups excluding tert-OH is 1. The maximum Gasteiger partial charge on any atom is 0.126 e. The molecule has 0 bridgehead atoms. The summed E-state index contributed by atoms with van der Waals surface area (Å²) in [5.74, 6) is 1.42. The highest BCUT2D eigenvalue weighted by atomic mass is 16.5. The molecule has 0 heterocycles. The van der Waals surface area contributed by atoms with Gasteiger partial charge in [-0.3, -0.25) is 0 Å². The normalized spacial score (nSPS) is 18.6.